The number of rotatable bonds is 34. The van der Waals surface area contributed by atoms with E-state index in [-0.39, 0.29) is 6.61 Å². The van der Waals surface area contributed by atoms with Crippen LogP contribution in [0.3, 0.4) is 0 Å². The Labute approximate surface area is 279 Å². The first-order chi connectivity index (χ1) is 22.1. The number of nitrogens with one attached hydrogen (secondary N) is 1. The standard InChI is InChI=1S/C40H75NO4/c1-3-5-7-9-11-13-15-16-17-18-19-20-21-22-23-24-25-27-29-31-33-35-39(44)40(45)41-37(36-42)38(43)34-32-30-28-26-14-12-10-8-6-4-2/h6,8,14,26,32,34,37-39,42-44H,3-5,7,9-13,15-25,27-31,33,35-36H2,1-2H3,(H,41,45)/b8-6+,26-14+,34-32+. The summed E-state index contributed by atoms with van der Waals surface area (Å²) in [6.45, 7) is 4.03. The molecule has 0 aromatic carbocycles. The molecule has 0 aliphatic carbocycles. The van der Waals surface area contributed by atoms with Gasteiger partial charge in [-0.15, -0.1) is 0 Å². The van der Waals surface area contributed by atoms with Crippen molar-refractivity contribution < 1.29 is 20.1 Å². The number of carbonyl (C=O) groups is 1. The minimum atomic E-state index is -1.10. The highest BCUT2D eigenvalue weighted by Crippen LogP contribution is 2.15. The van der Waals surface area contributed by atoms with Crippen molar-refractivity contribution in [2.24, 2.45) is 0 Å². The Bertz CT molecular complexity index is 704. The second kappa shape index (κ2) is 35.4. The van der Waals surface area contributed by atoms with Crippen molar-refractivity contribution in [2.75, 3.05) is 6.61 Å². The van der Waals surface area contributed by atoms with Crippen molar-refractivity contribution in [3.8, 4) is 0 Å². The van der Waals surface area contributed by atoms with Crippen LogP contribution in [0.15, 0.2) is 36.5 Å². The highest BCUT2D eigenvalue weighted by atomic mass is 16.3. The van der Waals surface area contributed by atoms with Crippen LogP contribution >= 0.6 is 0 Å². The third-order valence-electron chi connectivity index (χ3n) is 8.72. The maximum Gasteiger partial charge on any atom is 0.249 e. The van der Waals surface area contributed by atoms with E-state index in [0.29, 0.717) is 6.42 Å². The van der Waals surface area contributed by atoms with Gasteiger partial charge in [0.15, 0.2) is 0 Å². The molecule has 0 radical (unpaired) electrons. The van der Waals surface area contributed by atoms with Gasteiger partial charge in [0.25, 0.3) is 0 Å². The van der Waals surface area contributed by atoms with Crippen molar-refractivity contribution in [3.05, 3.63) is 36.5 Å². The van der Waals surface area contributed by atoms with Gasteiger partial charge < -0.3 is 20.6 Å². The molecule has 0 spiro atoms. The van der Waals surface area contributed by atoms with E-state index >= 15 is 0 Å². The van der Waals surface area contributed by atoms with Crippen LogP contribution in [0.2, 0.25) is 0 Å². The summed E-state index contributed by atoms with van der Waals surface area (Å²) in [5.41, 5.74) is 0. The lowest BCUT2D eigenvalue weighted by Crippen LogP contribution is -2.48. The summed E-state index contributed by atoms with van der Waals surface area (Å²) in [6.07, 6.45) is 43.2. The second-order valence-corrected chi connectivity index (χ2v) is 13.1. The molecule has 0 bridgehead atoms. The molecule has 0 heterocycles. The molecule has 4 N–H and O–H groups in total. The lowest BCUT2D eigenvalue weighted by Gasteiger charge is -2.21. The number of aliphatic hydroxyl groups excluding tert-OH is 3. The molecule has 0 fully saturated rings. The van der Waals surface area contributed by atoms with Crippen molar-refractivity contribution in [1.29, 1.82) is 0 Å². The molecule has 5 nitrogen and oxygen atoms in total. The van der Waals surface area contributed by atoms with Gasteiger partial charge in [-0.3, -0.25) is 4.79 Å². The predicted octanol–water partition coefficient (Wildman–Crippen LogP) is 10.4. The molecule has 0 aliphatic heterocycles. The number of unbranched alkanes of at least 4 members (excludes halogenated alkanes) is 22. The van der Waals surface area contributed by atoms with E-state index in [0.717, 1.165) is 51.4 Å². The normalized spacial score (nSPS) is 14.2. The van der Waals surface area contributed by atoms with E-state index in [1.807, 2.05) is 6.08 Å². The maximum atomic E-state index is 12.4. The topological polar surface area (TPSA) is 89.8 Å². The Morgan fingerprint density at radius 2 is 0.933 bits per heavy atom. The average Bonchev–Trinajstić information content (AvgIpc) is 3.04. The second-order valence-electron chi connectivity index (χ2n) is 13.1. The molecule has 5 heteroatoms. The van der Waals surface area contributed by atoms with Gasteiger partial charge in [-0.05, 0) is 38.5 Å². The van der Waals surface area contributed by atoms with Crippen molar-refractivity contribution in [2.45, 2.75) is 205 Å². The SMILES string of the molecule is CC/C=C/CC/C=C/CC/C=C/C(O)C(CO)NC(=O)C(O)CCCCCCCCCCCCCCCCCCCCCCC. The molecule has 1 amide bonds. The van der Waals surface area contributed by atoms with Crippen LogP contribution < -0.4 is 5.32 Å². The fourth-order valence-corrected chi connectivity index (χ4v) is 5.69. The number of aliphatic hydroxyl groups is 3. The van der Waals surface area contributed by atoms with Gasteiger partial charge in [-0.1, -0.05) is 185 Å². The monoisotopic (exact) mass is 634 g/mol. The van der Waals surface area contributed by atoms with Gasteiger partial charge in [0.1, 0.15) is 6.10 Å². The molecule has 0 aliphatic rings. The van der Waals surface area contributed by atoms with Gasteiger partial charge in [-0.25, -0.2) is 0 Å². The smallest absolute Gasteiger partial charge is 0.249 e. The Hall–Kier alpha value is -1.43. The average molecular weight is 634 g/mol. The first-order valence-electron chi connectivity index (χ1n) is 19.3. The summed E-state index contributed by atoms with van der Waals surface area (Å²) in [5.74, 6) is -0.519. The Balaban J connectivity index is 3.65. The molecule has 0 saturated carbocycles. The van der Waals surface area contributed by atoms with Crippen LogP contribution in [0, 0.1) is 0 Å². The molecular formula is C40H75NO4. The van der Waals surface area contributed by atoms with Crippen molar-refractivity contribution in [3.63, 3.8) is 0 Å². The molecule has 45 heavy (non-hydrogen) atoms. The van der Waals surface area contributed by atoms with E-state index < -0.39 is 24.2 Å². The number of carbonyl (C=O) groups excluding carboxylic acids is 1. The van der Waals surface area contributed by atoms with Gasteiger partial charge >= 0.3 is 0 Å². The summed E-state index contributed by atoms with van der Waals surface area (Å²) in [7, 11) is 0. The third kappa shape index (κ3) is 31.0. The molecule has 3 atom stereocenters. The van der Waals surface area contributed by atoms with Gasteiger partial charge in [-0.2, -0.15) is 0 Å². The number of amides is 1. The Morgan fingerprint density at radius 1 is 0.556 bits per heavy atom. The minimum Gasteiger partial charge on any atom is -0.394 e. The van der Waals surface area contributed by atoms with Gasteiger partial charge in [0, 0.05) is 0 Å². The summed E-state index contributed by atoms with van der Waals surface area (Å²) in [6, 6.07) is -0.816. The highest BCUT2D eigenvalue weighted by molar-refractivity contribution is 5.80. The van der Waals surface area contributed by atoms with Crippen LogP contribution in [-0.2, 0) is 4.79 Å². The van der Waals surface area contributed by atoms with E-state index in [4.69, 9.17) is 0 Å². The van der Waals surface area contributed by atoms with E-state index in [1.165, 1.54) is 116 Å². The largest absolute Gasteiger partial charge is 0.394 e. The zero-order valence-corrected chi connectivity index (χ0v) is 29.7. The molecule has 0 aromatic heterocycles. The van der Waals surface area contributed by atoms with Crippen LogP contribution in [0.5, 0.6) is 0 Å². The lowest BCUT2D eigenvalue weighted by atomic mass is 10.0. The molecule has 3 unspecified atom stereocenters. The zero-order chi connectivity index (χ0) is 33.1. The van der Waals surface area contributed by atoms with E-state index in [1.54, 1.807) is 6.08 Å². The van der Waals surface area contributed by atoms with E-state index in [2.05, 4.69) is 43.5 Å². The van der Waals surface area contributed by atoms with Gasteiger partial charge in [0.05, 0.1) is 18.8 Å². The first-order valence-corrected chi connectivity index (χ1v) is 19.3. The fraction of sp³-hybridized carbons (Fsp3) is 0.825. The zero-order valence-electron chi connectivity index (χ0n) is 29.7. The van der Waals surface area contributed by atoms with Crippen molar-refractivity contribution in [1.82, 2.24) is 5.32 Å². The van der Waals surface area contributed by atoms with Crippen LogP contribution in [0.4, 0.5) is 0 Å². The highest BCUT2D eigenvalue weighted by Gasteiger charge is 2.22. The summed E-state index contributed by atoms with van der Waals surface area (Å²) in [4.78, 5) is 12.4. The number of hydrogen-bond donors (Lipinski definition) is 4. The third-order valence-corrected chi connectivity index (χ3v) is 8.72. The quantitative estimate of drug-likeness (QED) is 0.0419. The fourth-order valence-electron chi connectivity index (χ4n) is 5.69. The Kier molecular flexibility index (Phi) is 34.3. The molecule has 0 saturated heterocycles. The summed E-state index contributed by atoms with van der Waals surface area (Å²) >= 11 is 0. The molecule has 0 rings (SSSR count). The van der Waals surface area contributed by atoms with E-state index in [9.17, 15) is 20.1 Å². The summed E-state index contributed by atoms with van der Waals surface area (Å²) < 4.78 is 0. The lowest BCUT2D eigenvalue weighted by molar-refractivity contribution is -0.131. The summed E-state index contributed by atoms with van der Waals surface area (Å²) in [5, 5.41) is 32.9. The van der Waals surface area contributed by atoms with Gasteiger partial charge in [0.2, 0.25) is 5.91 Å². The van der Waals surface area contributed by atoms with Crippen LogP contribution in [0.1, 0.15) is 187 Å². The minimum absolute atomic E-state index is 0.380. The van der Waals surface area contributed by atoms with Crippen LogP contribution in [0.25, 0.3) is 0 Å². The van der Waals surface area contributed by atoms with Crippen LogP contribution in [-0.4, -0.2) is 46.1 Å². The maximum absolute atomic E-state index is 12.4. The van der Waals surface area contributed by atoms with Crippen molar-refractivity contribution >= 4 is 5.91 Å². The molecule has 264 valence electrons. The first kappa shape index (κ1) is 43.6. The Morgan fingerprint density at radius 3 is 1.33 bits per heavy atom. The number of hydrogen-bond acceptors (Lipinski definition) is 4. The number of allylic oxidation sites excluding steroid dienone is 5. The molecule has 0 aromatic rings. The predicted molar refractivity (Wildman–Crippen MR) is 194 cm³/mol. The molecular weight excluding hydrogens is 558 g/mol.